The van der Waals surface area contributed by atoms with Gasteiger partial charge in [-0.05, 0) is 61.4 Å². The van der Waals surface area contributed by atoms with E-state index in [4.69, 9.17) is 0 Å². The number of H-pyrrole nitrogens is 1. The average molecular weight is 434 g/mol. The van der Waals surface area contributed by atoms with Gasteiger partial charge in [0, 0.05) is 34.9 Å². The minimum atomic E-state index is -3.66. The van der Waals surface area contributed by atoms with Gasteiger partial charge in [-0.1, -0.05) is 35.9 Å². The van der Waals surface area contributed by atoms with Crippen LogP contribution >= 0.6 is 0 Å². The van der Waals surface area contributed by atoms with Gasteiger partial charge in [0.15, 0.2) is 0 Å². The van der Waals surface area contributed by atoms with Crippen molar-refractivity contribution in [2.45, 2.75) is 24.7 Å². The molecule has 0 aliphatic rings. The van der Waals surface area contributed by atoms with Gasteiger partial charge in [-0.2, -0.15) is 0 Å². The summed E-state index contributed by atoms with van der Waals surface area (Å²) in [7, 11) is -3.66. The number of fused-ring (bicyclic) bond motifs is 1. The second-order valence-electron chi connectivity index (χ2n) is 7.40. The Morgan fingerprint density at radius 2 is 1.58 bits per heavy atom. The first-order chi connectivity index (χ1) is 14.9. The van der Waals surface area contributed by atoms with Crippen molar-refractivity contribution < 1.29 is 13.2 Å². The van der Waals surface area contributed by atoms with Crippen LogP contribution in [0.15, 0.2) is 83.9 Å². The van der Waals surface area contributed by atoms with Crippen LogP contribution in [0.5, 0.6) is 0 Å². The number of carbonyl (C=O) groups excluding carboxylic acids is 1. The number of nitrogens with one attached hydrogen (secondary N) is 3. The summed E-state index contributed by atoms with van der Waals surface area (Å²) in [6.45, 7) is 1.90. The molecule has 3 aromatic carbocycles. The molecule has 0 aliphatic heterocycles. The summed E-state index contributed by atoms with van der Waals surface area (Å²) < 4.78 is 27.5. The van der Waals surface area contributed by atoms with E-state index in [0.717, 1.165) is 22.0 Å². The summed E-state index contributed by atoms with van der Waals surface area (Å²) in [5, 5.41) is 3.98. The van der Waals surface area contributed by atoms with Gasteiger partial charge in [0.25, 0.3) is 10.0 Å². The molecule has 3 N–H and O–H groups in total. The minimum absolute atomic E-state index is 0.0988. The van der Waals surface area contributed by atoms with Crippen molar-refractivity contribution in [3.63, 3.8) is 0 Å². The number of hydrogen-bond donors (Lipinski definition) is 3. The molecular weight excluding hydrogens is 410 g/mol. The van der Waals surface area contributed by atoms with Gasteiger partial charge in [-0.25, -0.2) is 8.42 Å². The minimum Gasteiger partial charge on any atom is -0.361 e. The number of benzene rings is 3. The lowest BCUT2D eigenvalue weighted by Crippen LogP contribution is -2.14. The van der Waals surface area contributed by atoms with Gasteiger partial charge in [-0.15, -0.1) is 0 Å². The van der Waals surface area contributed by atoms with Crippen molar-refractivity contribution in [2.75, 3.05) is 10.0 Å². The lowest BCUT2D eigenvalue weighted by molar-refractivity contribution is -0.116. The number of aryl methyl sites for hydroxylation is 2. The highest BCUT2D eigenvalue weighted by Gasteiger charge is 2.14. The van der Waals surface area contributed by atoms with Crippen LogP contribution in [0.3, 0.4) is 0 Å². The summed E-state index contributed by atoms with van der Waals surface area (Å²) in [5.74, 6) is -0.0988. The fourth-order valence-corrected chi connectivity index (χ4v) is 4.42. The summed E-state index contributed by atoms with van der Waals surface area (Å²) in [5.41, 5.74) is 4.19. The first-order valence-electron chi connectivity index (χ1n) is 9.95. The van der Waals surface area contributed by atoms with Crippen molar-refractivity contribution >= 4 is 38.2 Å². The number of aromatic amines is 1. The predicted octanol–water partition coefficient (Wildman–Crippen LogP) is 4.85. The third-order valence-corrected chi connectivity index (χ3v) is 6.45. The van der Waals surface area contributed by atoms with Crippen LogP contribution < -0.4 is 10.0 Å². The molecule has 0 bridgehead atoms. The third kappa shape index (κ3) is 4.95. The molecule has 0 radical (unpaired) electrons. The Hall–Kier alpha value is -3.58. The summed E-state index contributed by atoms with van der Waals surface area (Å²) in [6, 6.07) is 21.2. The van der Waals surface area contributed by atoms with E-state index in [0.29, 0.717) is 24.2 Å². The molecule has 4 aromatic rings. The van der Waals surface area contributed by atoms with E-state index in [1.54, 1.807) is 48.5 Å². The number of rotatable bonds is 7. The normalized spacial score (nSPS) is 11.4. The molecule has 0 fully saturated rings. The van der Waals surface area contributed by atoms with E-state index in [2.05, 4.69) is 15.0 Å². The maximum atomic E-state index is 12.5. The van der Waals surface area contributed by atoms with E-state index in [9.17, 15) is 13.2 Å². The number of para-hydroxylation sites is 1. The molecule has 4 rings (SSSR count). The molecule has 1 aromatic heterocycles. The SMILES string of the molecule is Cc1ccc(S(=O)(=O)Nc2ccc(NC(=O)CCc3c[nH]c4ccccc34)cc2)cc1. The molecule has 1 amide bonds. The van der Waals surface area contributed by atoms with E-state index < -0.39 is 10.0 Å². The Kier molecular flexibility index (Phi) is 5.77. The second-order valence-corrected chi connectivity index (χ2v) is 9.09. The summed E-state index contributed by atoms with van der Waals surface area (Å²) >= 11 is 0. The largest absolute Gasteiger partial charge is 0.361 e. The maximum Gasteiger partial charge on any atom is 0.261 e. The Morgan fingerprint density at radius 1 is 0.903 bits per heavy atom. The summed E-state index contributed by atoms with van der Waals surface area (Å²) in [6.07, 6.45) is 2.92. The quantitative estimate of drug-likeness (QED) is 0.389. The zero-order valence-corrected chi connectivity index (χ0v) is 17.9. The third-order valence-electron chi connectivity index (χ3n) is 5.05. The number of sulfonamides is 1. The Labute approximate surface area is 181 Å². The molecule has 7 heteroatoms. The number of carbonyl (C=O) groups is 1. The number of anilines is 2. The fraction of sp³-hybridized carbons (Fsp3) is 0.125. The lowest BCUT2D eigenvalue weighted by atomic mass is 10.1. The standard InChI is InChI=1S/C24H23N3O3S/c1-17-6-13-21(14-7-17)31(29,30)27-20-11-9-19(10-12-20)26-24(28)15-8-18-16-25-23-5-3-2-4-22(18)23/h2-7,9-14,16,25,27H,8,15H2,1H3,(H,26,28). The molecule has 1 heterocycles. The van der Waals surface area contributed by atoms with Gasteiger partial charge in [-0.3, -0.25) is 9.52 Å². The van der Waals surface area contributed by atoms with E-state index in [1.165, 1.54) is 0 Å². The van der Waals surface area contributed by atoms with Gasteiger partial charge in [0.1, 0.15) is 0 Å². The molecule has 0 unspecified atom stereocenters. The van der Waals surface area contributed by atoms with Crippen LogP contribution in [-0.2, 0) is 21.2 Å². The molecule has 31 heavy (non-hydrogen) atoms. The van der Waals surface area contributed by atoms with Crippen LogP contribution in [0.4, 0.5) is 11.4 Å². The first-order valence-corrected chi connectivity index (χ1v) is 11.4. The Morgan fingerprint density at radius 3 is 2.32 bits per heavy atom. The highest BCUT2D eigenvalue weighted by molar-refractivity contribution is 7.92. The van der Waals surface area contributed by atoms with Crippen molar-refractivity contribution in [1.82, 2.24) is 4.98 Å². The Bertz CT molecular complexity index is 1310. The zero-order valence-electron chi connectivity index (χ0n) is 17.1. The molecule has 0 saturated carbocycles. The van der Waals surface area contributed by atoms with Crippen molar-refractivity contribution in [3.8, 4) is 0 Å². The van der Waals surface area contributed by atoms with E-state index in [-0.39, 0.29) is 10.8 Å². The average Bonchev–Trinajstić information content (AvgIpc) is 3.17. The van der Waals surface area contributed by atoms with Crippen LogP contribution in [0.1, 0.15) is 17.5 Å². The van der Waals surface area contributed by atoms with Gasteiger partial charge in [0.2, 0.25) is 5.91 Å². The topological polar surface area (TPSA) is 91.1 Å². The van der Waals surface area contributed by atoms with Crippen LogP contribution in [0.25, 0.3) is 10.9 Å². The molecule has 158 valence electrons. The maximum absolute atomic E-state index is 12.5. The van der Waals surface area contributed by atoms with Gasteiger partial charge >= 0.3 is 0 Å². The highest BCUT2D eigenvalue weighted by atomic mass is 32.2. The lowest BCUT2D eigenvalue weighted by Gasteiger charge is -2.10. The Balaban J connectivity index is 1.34. The van der Waals surface area contributed by atoms with Gasteiger partial charge in [0.05, 0.1) is 4.90 Å². The molecule has 0 saturated heterocycles. The summed E-state index contributed by atoms with van der Waals surface area (Å²) in [4.78, 5) is 15.8. The molecule has 0 atom stereocenters. The van der Waals surface area contributed by atoms with E-state index in [1.807, 2.05) is 37.4 Å². The molecule has 6 nitrogen and oxygen atoms in total. The fourth-order valence-electron chi connectivity index (χ4n) is 3.36. The monoisotopic (exact) mass is 433 g/mol. The van der Waals surface area contributed by atoms with Crippen molar-refractivity contribution in [1.29, 1.82) is 0 Å². The van der Waals surface area contributed by atoms with E-state index >= 15 is 0 Å². The van der Waals surface area contributed by atoms with Gasteiger partial charge < -0.3 is 10.3 Å². The predicted molar refractivity (Wildman–Crippen MR) is 124 cm³/mol. The molecule has 0 aliphatic carbocycles. The molecular formula is C24H23N3O3S. The number of amides is 1. The zero-order chi connectivity index (χ0) is 21.8. The molecule has 0 spiro atoms. The van der Waals surface area contributed by atoms with Crippen LogP contribution in [0.2, 0.25) is 0 Å². The highest BCUT2D eigenvalue weighted by Crippen LogP contribution is 2.21. The van der Waals surface area contributed by atoms with Crippen LogP contribution in [-0.4, -0.2) is 19.3 Å². The second kappa shape index (κ2) is 8.65. The first kappa shape index (κ1) is 20.7. The van der Waals surface area contributed by atoms with Crippen molar-refractivity contribution in [2.24, 2.45) is 0 Å². The van der Waals surface area contributed by atoms with Crippen LogP contribution in [0, 0.1) is 6.92 Å². The van der Waals surface area contributed by atoms with Crippen molar-refractivity contribution in [3.05, 3.63) is 90.1 Å². The smallest absolute Gasteiger partial charge is 0.261 e. The number of hydrogen-bond acceptors (Lipinski definition) is 3. The number of aromatic nitrogens is 1.